The molecular weight excluding hydrogens is 342 g/mol. The first-order valence-corrected chi connectivity index (χ1v) is 11.4. The van der Waals surface area contributed by atoms with Gasteiger partial charge in [-0.25, -0.2) is 0 Å². The highest BCUT2D eigenvalue weighted by Gasteiger charge is 2.34. The SMILES string of the molecule is CC1CCN(C(CNC(=O)CC2CC3CCC(C2)N3)c2cccs2)CC1. The van der Waals surface area contributed by atoms with E-state index in [1.165, 1.54) is 43.4 Å². The number of fused-ring (bicyclic) bond motifs is 2. The number of carbonyl (C=O) groups is 1. The van der Waals surface area contributed by atoms with Crippen LogP contribution in [0, 0.1) is 11.8 Å². The highest BCUT2D eigenvalue weighted by Crippen LogP contribution is 2.33. The van der Waals surface area contributed by atoms with Gasteiger partial charge in [0, 0.05) is 29.9 Å². The van der Waals surface area contributed by atoms with Crippen LogP contribution in [0.5, 0.6) is 0 Å². The molecule has 1 aromatic heterocycles. The average Bonchev–Trinajstić information content (AvgIpc) is 3.27. The van der Waals surface area contributed by atoms with Crippen molar-refractivity contribution in [2.45, 2.75) is 70.0 Å². The second-order valence-electron chi connectivity index (χ2n) is 8.73. The van der Waals surface area contributed by atoms with E-state index in [0.29, 0.717) is 30.5 Å². The number of likely N-dealkylation sites (tertiary alicyclic amines) is 1. The first-order valence-electron chi connectivity index (χ1n) is 10.5. The Kier molecular flexibility index (Phi) is 5.97. The molecule has 1 amide bonds. The zero-order valence-electron chi connectivity index (χ0n) is 16.0. The molecule has 3 fully saturated rings. The van der Waals surface area contributed by atoms with Gasteiger partial charge in [0.1, 0.15) is 0 Å². The van der Waals surface area contributed by atoms with Gasteiger partial charge in [0.15, 0.2) is 0 Å². The Morgan fingerprint density at radius 1 is 1.27 bits per heavy atom. The molecule has 3 saturated heterocycles. The van der Waals surface area contributed by atoms with E-state index in [-0.39, 0.29) is 5.91 Å². The molecule has 4 rings (SSSR count). The molecule has 144 valence electrons. The molecule has 0 radical (unpaired) electrons. The van der Waals surface area contributed by atoms with Crippen LogP contribution in [0.4, 0.5) is 0 Å². The number of nitrogens with zero attached hydrogens (tertiary/aromatic N) is 1. The van der Waals surface area contributed by atoms with Gasteiger partial charge in [0.25, 0.3) is 0 Å². The summed E-state index contributed by atoms with van der Waals surface area (Å²) in [7, 11) is 0. The van der Waals surface area contributed by atoms with Crippen molar-refractivity contribution in [1.82, 2.24) is 15.5 Å². The summed E-state index contributed by atoms with van der Waals surface area (Å²) in [6, 6.07) is 6.04. The Hall–Kier alpha value is -0.910. The maximum Gasteiger partial charge on any atom is 0.220 e. The third-order valence-electron chi connectivity index (χ3n) is 6.67. The largest absolute Gasteiger partial charge is 0.354 e. The van der Waals surface area contributed by atoms with Crippen LogP contribution in [0.1, 0.15) is 62.8 Å². The zero-order chi connectivity index (χ0) is 17.9. The molecule has 5 heteroatoms. The number of hydrogen-bond donors (Lipinski definition) is 2. The second kappa shape index (κ2) is 8.41. The summed E-state index contributed by atoms with van der Waals surface area (Å²) in [5, 5.41) is 9.11. The Bertz CT molecular complexity index is 570. The molecule has 3 unspecified atom stereocenters. The lowest BCUT2D eigenvalue weighted by molar-refractivity contribution is -0.122. The van der Waals surface area contributed by atoms with E-state index in [1.54, 1.807) is 0 Å². The van der Waals surface area contributed by atoms with Gasteiger partial charge >= 0.3 is 0 Å². The predicted octanol–water partition coefficient (Wildman–Crippen LogP) is 3.56. The van der Waals surface area contributed by atoms with Gasteiger partial charge in [-0.05, 0) is 74.9 Å². The minimum atomic E-state index is 0.253. The van der Waals surface area contributed by atoms with Gasteiger partial charge in [0.2, 0.25) is 5.91 Å². The van der Waals surface area contributed by atoms with Crippen LogP contribution in [-0.2, 0) is 4.79 Å². The molecule has 4 nitrogen and oxygen atoms in total. The molecule has 3 aliphatic rings. The van der Waals surface area contributed by atoms with Crippen LogP contribution in [0.25, 0.3) is 0 Å². The maximum atomic E-state index is 12.6. The Morgan fingerprint density at radius 2 is 2.00 bits per heavy atom. The maximum absolute atomic E-state index is 12.6. The van der Waals surface area contributed by atoms with E-state index < -0.39 is 0 Å². The number of amides is 1. The molecule has 0 aliphatic carbocycles. The molecule has 2 N–H and O–H groups in total. The van der Waals surface area contributed by atoms with Gasteiger partial charge in [-0.15, -0.1) is 11.3 Å². The van der Waals surface area contributed by atoms with Crippen molar-refractivity contribution in [2.24, 2.45) is 11.8 Å². The lowest BCUT2D eigenvalue weighted by Crippen LogP contribution is -2.43. The fourth-order valence-electron chi connectivity index (χ4n) is 5.12. The molecule has 2 bridgehead atoms. The van der Waals surface area contributed by atoms with Crippen molar-refractivity contribution < 1.29 is 4.79 Å². The number of rotatable bonds is 6. The summed E-state index contributed by atoms with van der Waals surface area (Å²) in [5.74, 6) is 1.66. The summed E-state index contributed by atoms with van der Waals surface area (Å²) in [4.78, 5) is 16.6. The van der Waals surface area contributed by atoms with E-state index >= 15 is 0 Å². The normalized spacial score (nSPS) is 31.0. The minimum Gasteiger partial charge on any atom is -0.354 e. The van der Waals surface area contributed by atoms with Crippen LogP contribution in [0.15, 0.2) is 17.5 Å². The monoisotopic (exact) mass is 375 g/mol. The highest BCUT2D eigenvalue weighted by molar-refractivity contribution is 7.10. The van der Waals surface area contributed by atoms with Crippen molar-refractivity contribution >= 4 is 17.2 Å². The fourth-order valence-corrected chi connectivity index (χ4v) is 5.98. The number of thiophene rings is 1. The predicted molar refractivity (Wildman–Crippen MR) is 107 cm³/mol. The molecule has 3 atom stereocenters. The smallest absolute Gasteiger partial charge is 0.220 e. The molecule has 4 heterocycles. The molecule has 0 aromatic carbocycles. The molecule has 3 aliphatic heterocycles. The molecule has 26 heavy (non-hydrogen) atoms. The van der Waals surface area contributed by atoms with Gasteiger partial charge in [-0.1, -0.05) is 13.0 Å². The number of hydrogen-bond acceptors (Lipinski definition) is 4. The van der Waals surface area contributed by atoms with Crippen molar-refractivity contribution in [2.75, 3.05) is 19.6 Å². The number of nitrogens with one attached hydrogen (secondary N) is 2. The third kappa shape index (κ3) is 4.49. The topological polar surface area (TPSA) is 44.4 Å². The summed E-state index contributed by atoms with van der Waals surface area (Å²) < 4.78 is 0. The van der Waals surface area contributed by atoms with Crippen molar-refractivity contribution in [3.63, 3.8) is 0 Å². The quantitative estimate of drug-likeness (QED) is 0.799. The van der Waals surface area contributed by atoms with Crippen LogP contribution < -0.4 is 10.6 Å². The lowest BCUT2D eigenvalue weighted by Gasteiger charge is -2.36. The van der Waals surface area contributed by atoms with Crippen molar-refractivity contribution in [3.8, 4) is 0 Å². The highest BCUT2D eigenvalue weighted by atomic mass is 32.1. The Morgan fingerprint density at radius 3 is 2.65 bits per heavy atom. The van der Waals surface area contributed by atoms with E-state index in [1.807, 2.05) is 11.3 Å². The van der Waals surface area contributed by atoms with Gasteiger partial charge < -0.3 is 10.6 Å². The summed E-state index contributed by atoms with van der Waals surface area (Å²) in [6.45, 7) is 5.41. The Balaban J connectivity index is 1.30. The number of piperidine rings is 2. The van der Waals surface area contributed by atoms with Gasteiger partial charge in [-0.2, -0.15) is 0 Å². The van der Waals surface area contributed by atoms with Crippen LogP contribution >= 0.6 is 11.3 Å². The van der Waals surface area contributed by atoms with Crippen molar-refractivity contribution in [1.29, 1.82) is 0 Å². The van der Waals surface area contributed by atoms with Crippen LogP contribution in [0.3, 0.4) is 0 Å². The van der Waals surface area contributed by atoms with Crippen molar-refractivity contribution in [3.05, 3.63) is 22.4 Å². The molecule has 0 spiro atoms. The van der Waals surface area contributed by atoms with E-state index in [4.69, 9.17) is 0 Å². The van der Waals surface area contributed by atoms with Crippen LogP contribution in [-0.4, -0.2) is 42.5 Å². The van der Waals surface area contributed by atoms with Gasteiger partial charge in [-0.3, -0.25) is 9.69 Å². The summed E-state index contributed by atoms with van der Waals surface area (Å²) in [6.07, 6.45) is 8.22. The second-order valence-corrected chi connectivity index (χ2v) is 9.71. The fraction of sp³-hybridized carbons (Fsp3) is 0.762. The standard InChI is InChI=1S/C21H33N3OS/c1-15-6-8-24(9-7-15)19(20-3-2-10-26-20)14-22-21(25)13-16-11-17-4-5-18(12-16)23-17/h2-3,10,15-19,23H,4-9,11-14H2,1H3,(H,22,25). The first-order chi connectivity index (χ1) is 12.7. The third-order valence-corrected chi connectivity index (χ3v) is 7.64. The minimum absolute atomic E-state index is 0.253. The first kappa shape index (κ1) is 18.5. The summed E-state index contributed by atoms with van der Waals surface area (Å²) >= 11 is 1.82. The van der Waals surface area contributed by atoms with E-state index in [2.05, 4.69) is 40.0 Å². The zero-order valence-corrected chi connectivity index (χ0v) is 16.8. The lowest BCUT2D eigenvalue weighted by atomic mass is 9.89. The van der Waals surface area contributed by atoms with E-state index in [0.717, 1.165) is 25.6 Å². The molecular formula is C21H33N3OS. The average molecular weight is 376 g/mol. The number of carbonyl (C=O) groups excluding carboxylic acids is 1. The van der Waals surface area contributed by atoms with E-state index in [9.17, 15) is 4.79 Å². The van der Waals surface area contributed by atoms with Crippen LogP contribution in [0.2, 0.25) is 0 Å². The summed E-state index contributed by atoms with van der Waals surface area (Å²) in [5.41, 5.74) is 0. The Labute approximate surface area is 161 Å². The van der Waals surface area contributed by atoms with Gasteiger partial charge in [0.05, 0.1) is 6.04 Å². The molecule has 0 saturated carbocycles. The molecule has 1 aromatic rings.